The van der Waals surface area contributed by atoms with Crippen molar-refractivity contribution >= 4 is 23.3 Å². The average molecular weight is 265 g/mol. The van der Waals surface area contributed by atoms with E-state index in [1.807, 2.05) is 0 Å². The van der Waals surface area contributed by atoms with E-state index in [9.17, 15) is 13.6 Å². The van der Waals surface area contributed by atoms with Gasteiger partial charge >= 0.3 is 5.97 Å². The van der Waals surface area contributed by atoms with Crippen molar-refractivity contribution in [3.05, 3.63) is 23.0 Å². The molecule has 0 bridgehead atoms. The summed E-state index contributed by atoms with van der Waals surface area (Å²) in [6, 6.07) is 1.06. The van der Waals surface area contributed by atoms with Crippen LogP contribution in [-0.4, -0.2) is 18.1 Å². The zero-order valence-corrected chi connectivity index (χ0v) is 9.80. The molecule has 0 atom stereocenters. The molecule has 1 heterocycles. The first-order valence-electron chi connectivity index (χ1n) is 4.68. The molecule has 0 fully saturated rings. The molecule has 0 unspecified atom stereocenters. The number of alkyl halides is 3. The van der Waals surface area contributed by atoms with Crippen LogP contribution in [0.25, 0.3) is 0 Å². The molecule has 0 radical (unpaired) electrons. The van der Waals surface area contributed by atoms with E-state index in [0.29, 0.717) is 5.56 Å². The molecule has 4 nitrogen and oxygen atoms in total. The van der Waals surface area contributed by atoms with Crippen LogP contribution in [0.4, 0.5) is 14.5 Å². The zero-order valence-electron chi connectivity index (χ0n) is 9.04. The Balaban J connectivity index is 3.19. The van der Waals surface area contributed by atoms with Crippen molar-refractivity contribution in [2.24, 2.45) is 0 Å². The molecule has 1 aromatic rings. The lowest BCUT2D eigenvalue weighted by Crippen LogP contribution is -2.11. The number of hydrogen-bond acceptors (Lipinski definition) is 4. The Morgan fingerprint density at radius 3 is 2.76 bits per heavy atom. The van der Waals surface area contributed by atoms with E-state index in [-0.39, 0.29) is 23.7 Å². The highest BCUT2D eigenvalue weighted by Gasteiger charge is 2.17. The fourth-order valence-corrected chi connectivity index (χ4v) is 1.60. The van der Waals surface area contributed by atoms with Crippen LogP contribution >= 0.6 is 11.6 Å². The van der Waals surface area contributed by atoms with Crippen LogP contribution in [-0.2, 0) is 21.8 Å². The highest BCUT2D eigenvalue weighted by Crippen LogP contribution is 2.25. The molecule has 0 saturated carbocycles. The molecule has 0 amide bonds. The van der Waals surface area contributed by atoms with Gasteiger partial charge in [0, 0.05) is 11.3 Å². The number of nitrogens with zero attached hydrogens (tertiary/aromatic N) is 1. The lowest BCUT2D eigenvalue weighted by atomic mass is 10.1. The summed E-state index contributed by atoms with van der Waals surface area (Å²) in [4.78, 5) is 14.8. The van der Waals surface area contributed by atoms with E-state index < -0.39 is 18.1 Å². The fraction of sp³-hybridized carbons (Fsp3) is 0.400. The number of anilines is 1. The molecule has 0 aliphatic heterocycles. The molecule has 2 N–H and O–H groups in total. The van der Waals surface area contributed by atoms with Gasteiger partial charge in [-0.15, -0.1) is 11.6 Å². The third-order valence-corrected chi connectivity index (χ3v) is 2.43. The van der Waals surface area contributed by atoms with Crippen LogP contribution in [0.3, 0.4) is 0 Å². The number of nitrogen functional groups attached to an aromatic ring is 1. The average Bonchev–Trinajstić information content (AvgIpc) is 2.28. The van der Waals surface area contributed by atoms with Gasteiger partial charge in [-0.1, -0.05) is 0 Å². The van der Waals surface area contributed by atoms with Crippen molar-refractivity contribution in [1.82, 2.24) is 4.98 Å². The summed E-state index contributed by atoms with van der Waals surface area (Å²) >= 11 is 5.64. The smallest absolute Gasteiger partial charge is 0.311 e. The summed E-state index contributed by atoms with van der Waals surface area (Å²) < 4.78 is 29.5. The van der Waals surface area contributed by atoms with Crippen molar-refractivity contribution in [3.8, 4) is 0 Å². The highest BCUT2D eigenvalue weighted by atomic mass is 35.5. The van der Waals surface area contributed by atoms with Crippen molar-refractivity contribution in [2.75, 3.05) is 12.8 Å². The van der Waals surface area contributed by atoms with E-state index in [1.54, 1.807) is 0 Å². The molecule has 0 spiro atoms. The predicted octanol–water partition coefficient (Wildman–Crippen LogP) is 2.06. The standard InChI is InChI=1S/C10H11ClF2N2O2/c1-17-9(16)3-7-5(4-11)6(14)2-8(15-7)10(12)13/h2,10H,3-4H2,1H3,(H2,14,15). The molecular weight excluding hydrogens is 254 g/mol. The Hall–Kier alpha value is -1.43. The second kappa shape index (κ2) is 5.77. The minimum Gasteiger partial charge on any atom is -0.469 e. The van der Waals surface area contributed by atoms with Gasteiger partial charge in [-0.05, 0) is 6.07 Å². The van der Waals surface area contributed by atoms with Crippen molar-refractivity contribution < 1.29 is 18.3 Å². The summed E-state index contributed by atoms with van der Waals surface area (Å²) in [5.41, 5.74) is 5.71. The minimum absolute atomic E-state index is 0.00528. The lowest BCUT2D eigenvalue weighted by Gasteiger charge is -2.11. The first-order valence-corrected chi connectivity index (χ1v) is 5.22. The Morgan fingerprint density at radius 1 is 1.65 bits per heavy atom. The minimum atomic E-state index is -2.75. The molecular formula is C10H11ClF2N2O2. The molecule has 0 aliphatic carbocycles. The molecule has 0 saturated heterocycles. The van der Waals surface area contributed by atoms with Gasteiger partial charge in [0.1, 0.15) is 5.69 Å². The third-order valence-electron chi connectivity index (χ3n) is 2.16. The molecule has 0 aromatic carbocycles. The van der Waals surface area contributed by atoms with Gasteiger partial charge in [-0.2, -0.15) is 0 Å². The third kappa shape index (κ3) is 3.26. The first-order chi connectivity index (χ1) is 7.99. The monoisotopic (exact) mass is 264 g/mol. The summed E-state index contributed by atoms with van der Waals surface area (Å²) in [5, 5.41) is 0. The van der Waals surface area contributed by atoms with Gasteiger partial charge in [0.15, 0.2) is 0 Å². The number of carbonyl (C=O) groups excluding carboxylic acids is 1. The van der Waals surface area contributed by atoms with Crippen molar-refractivity contribution in [2.45, 2.75) is 18.7 Å². The van der Waals surface area contributed by atoms with Crippen molar-refractivity contribution in [1.29, 1.82) is 0 Å². The van der Waals surface area contributed by atoms with E-state index in [4.69, 9.17) is 17.3 Å². The summed E-state index contributed by atoms with van der Waals surface area (Å²) in [6.07, 6.45) is -2.98. The molecule has 7 heteroatoms. The van der Waals surface area contributed by atoms with Crippen LogP contribution in [0.5, 0.6) is 0 Å². The Labute approximate surface area is 102 Å². The number of carbonyl (C=O) groups is 1. The number of esters is 1. The van der Waals surface area contributed by atoms with Gasteiger partial charge in [-0.25, -0.2) is 8.78 Å². The quantitative estimate of drug-likeness (QED) is 0.668. The van der Waals surface area contributed by atoms with Crippen LogP contribution in [0.2, 0.25) is 0 Å². The Bertz CT molecular complexity index is 427. The first kappa shape index (κ1) is 13.6. The lowest BCUT2D eigenvalue weighted by molar-refractivity contribution is -0.139. The van der Waals surface area contributed by atoms with E-state index >= 15 is 0 Å². The Kier molecular flexibility index (Phi) is 4.62. The van der Waals surface area contributed by atoms with Crippen LogP contribution in [0, 0.1) is 0 Å². The predicted molar refractivity (Wildman–Crippen MR) is 58.9 cm³/mol. The molecule has 1 aromatic heterocycles. The number of aromatic nitrogens is 1. The van der Waals surface area contributed by atoms with E-state index in [2.05, 4.69) is 9.72 Å². The molecule has 1 rings (SSSR count). The van der Waals surface area contributed by atoms with Crippen molar-refractivity contribution in [3.63, 3.8) is 0 Å². The Morgan fingerprint density at radius 2 is 2.29 bits per heavy atom. The largest absolute Gasteiger partial charge is 0.469 e. The number of rotatable bonds is 4. The zero-order chi connectivity index (χ0) is 13.0. The number of methoxy groups -OCH3 is 1. The highest BCUT2D eigenvalue weighted by molar-refractivity contribution is 6.17. The number of hydrogen-bond donors (Lipinski definition) is 1. The number of nitrogens with two attached hydrogens (primary N) is 1. The fourth-order valence-electron chi connectivity index (χ4n) is 1.29. The maximum Gasteiger partial charge on any atom is 0.311 e. The summed E-state index contributed by atoms with van der Waals surface area (Å²) in [5.74, 6) is -0.594. The number of halogens is 3. The summed E-state index contributed by atoms with van der Waals surface area (Å²) in [7, 11) is 1.20. The normalized spacial score (nSPS) is 10.6. The maximum absolute atomic E-state index is 12.5. The van der Waals surface area contributed by atoms with Gasteiger partial charge < -0.3 is 10.5 Å². The van der Waals surface area contributed by atoms with Gasteiger partial charge in [0.05, 0.1) is 25.1 Å². The SMILES string of the molecule is COC(=O)Cc1nc(C(F)F)cc(N)c1CCl. The molecule has 94 valence electrons. The topological polar surface area (TPSA) is 65.2 Å². The van der Waals surface area contributed by atoms with E-state index in [1.165, 1.54) is 7.11 Å². The van der Waals surface area contributed by atoms with Gasteiger partial charge in [0.25, 0.3) is 6.43 Å². The van der Waals surface area contributed by atoms with E-state index in [0.717, 1.165) is 6.07 Å². The molecule has 17 heavy (non-hydrogen) atoms. The van der Waals surface area contributed by atoms with Crippen LogP contribution < -0.4 is 5.73 Å². The summed E-state index contributed by atoms with van der Waals surface area (Å²) in [6.45, 7) is 0. The number of ether oxygens (including phenoxy) is 1. The van der Waals surface area contributed by atoms with Gasteiger partial charge in [-0.3, -0.25) is 9.78 Å². The maximum atomic E-state index is 12.5. The van der Waals surface area contributed by atoms with Crippen LogP contribution in [0.15, 0.2) is 6.07 Å². The van der Waals surface area contributed by atoms with Gasteiger partial charge in [0.2, 0.25) is 0 Å². The second-order valence-corrected chi connectivity index (χ2v) is 3.52. The second-order valence-electron chi connectivity index (χ2n) is 3.25. The number of pyridine rings is 1. The van der Waals surface area contributed by atoms with Crippen LogP contribution in [0.1, 0.15) is 23.4 Å². The molecule has 0 aliphatic rings.